The van der Waals surface area contributed by atoms with Crippen LogP contribution >= 0.6 is 27.5 Å². The van der Waals surface area contributed by atoms with E-state index in [1.54, 1.807) is 36.7 Å². The second-order valence-corrected chi connectivity index (χ2v) is 10.4. The number of aromatic nitrogens is 4. The summed E-state index contributed by atoms with van der Waals surface area (Å²) in [5.74, 6) is 0.246. The van der Waals surface area contributed by atoms with E-state index >= 15 is 0 Å². The van der Waals surface area contributed by atoms with Gasteiger partial charge in [0.05, 0.1) is 16.6 Å². The zero-order valence-electron chi connectivity index (χ0n) is 20.4. The van der Waals surface area contributed by atoms with Gasteiger partial charge in [-0.25, -0.2) is 15.0 Å². The number of methoxy groups -OCH3 is 1. The molecule has 0 amide bonds. The summed E-state index contributed by atoms with van der Waals surface area (Å²) in [5, 5.41) is 0.234. The minimum atomic E-state index is -4.08. The molecule has 2 aromatic heterocycles. The molecule has 0 bridgehead atoms. The summed E-state index contributed by atoms with van der Waals surface area (Å²) in [6.45, 7) is 0.111. The Morgan fingerprint density at radius 2 is 1.72 bits per heavy atom. The van der Waals surface area contributed by atoms with Gasteiger partial charge < -0.3 is 18.9 Å². The molecule has 0 saturated heterocycles. The van der Waals surface area contributed by atoms with Gasteiger partial charge in [0.15, 0.2) is 5.82 Å². The fraction of sp³-hybridized carbons (Fsp3) is 0.167. The van der Waals surface area contributed by atoms with E-state index < -0.39 is 10.2 Å². The zero-order chi connectivity index (χ0) is 27.7. The predicted molar refractivity (Wildman–Crippen MR) is 147 cm³/mol. The molecule has 0 radical (unpaired) electrons. The molecule has 2 heterocycles. The molecule has 0 aliphatic carbocycles. The smallest absolute Gasteiger partial charge is 0.316 e. The van der Waals surface area contributed by atoms with Crippen LogP contribution in [0.25, 0.3) is 0 Å². The number of rotatable bonds is 13. The fourth-order valence-electron chi connectivity index (χ4n) is 3.01. The first kappa shape index (κ1) is 28.3. The van der Waals surface area contributed by atoms with Crippen LogP contribution in [0.4, 0.5) is 5.82 Å². The van der Waals surface area contributed by atoms with E-state index in [0.717, 1.165) is 11.9 Å². The number of halogens is 2. The van der Waals surface area contributed by atoms with Crippen molar-refractivity contribution in [3.05, 3.63) is 82.3 Å². The Balaban J connectivity index is 1.54. The van der Waals surface area contributed by atoms with Crippen molar-refractivity contribution in [3.63, 3.8) is 0 Å². The van der Waals surface area contributed by atoms with Gasteiger partial charge in [-0.15, -0.1) is 0 Å². The second-order valence-electron chi connectivity index (χ2n) is 7.55. The first-order valence-electron chi connectivity index (χ1n) is 11.2. The van der Waals surface area contributed by atoms with Gasteiger partial charge in [0.1, 0.15) is 31.0 Å². The average Bonchev–Trinajstić information content (AvgIpc) is 2.94. The van der Waals surface area contributed by atoms with Gasteiger partial charge in [-0.05, 0) is 33.6 Å². The van der Waals surface area contributed by atoms with Crippen molar-refractivity contribution in [1.82, 2.24) is 24.7 Å². The first-order valence-corrected chi connectivity index (χ1v) is 13.9. The third-order valence-electron chi connectivity index (χ3n) is 4.81. The first-order chi connectivity index (χ1) is 18.8. The van der Waals surface area contributed by atoms with Gasteiger partial charge in [0.25, 0.3) is 5.88 Å². The Morgan fingerprint density at radius 3 is 2.46 bits per heavy atom. The van der Waals surface area contributed by atoms with Crippen LogP contribution in [-0.2, 0) is 16.8 Å². The lowest BCUT2D eigenvalue weighted by Crippen LogP contribution is -2.30. The minimum absolute atomic E-state index is 0.00289. The molecule has 204 valence electrons. The molecular formula is C24H22BrClN6O6S. The van der Waals surface area contributed by atoms with Crippen LogP contribution in [-0.4, -0.2) is 48.7 Å². The Hall–Kier alpha value is -3.72. The van der Waals surface area contributed by atoms with E-state index in [1.807, 2.05) is 18.2 Å². The van der Waals surface area contributed by atoms with E-state index in [1.165, 1.54) is 13.2 Å². The fourth-order valence-corrected chi connectivity index (χ4v) is 4.20. The Morgan fingerprint density at radius 1 is 0.974 bits per heavy atom. The van der Waals surface area contributed by atoms with Gasteiger partial charge in [-0.2, -0.15) is 18.1 Å². The van der Waals surface area contributed by atoms with Crippen molar-refractivity contribution in [2.45, 2.75) is 6.54 Å². The van der Waals surface area contributed by atoms with Gasteiger partial charge in [0, 0.05) is 25.0 Å². The van der Waals surface area contributed by atoms with E-state index in [-0.39, 0.29) is 54.0 Å². The highest BCUT2D eigenvalue weighted by atomic mass is 79.9. The highest BCUT2D eigenvalue weighted by Crippen LogP contribution is 2.40. The molecule has 0 spiro atoms. The Bertz CT molecular complexity index is 1500. The lowest BCUT2D eigenvalue weighted by molar-refractivity contribution is 0.197. The highest BCUT2D eigenvalue weighted by Gasteiger charge is 2.22. The standard InChI is InChI=1S/C24H22BrClN6O6S/c1-35-18-7-8-19(26)20(11-18)38-21-22(32-39(33,34)31-12-16-5-3-2-4-6-16)29-15-30-23(21)36-9-10-37-24-27-13-17(25)14-28-24/h2-8,11,13-15,31H,9-10,12H2,1H3,(H,29,30,32). The predicted octanol–water partition coefficient (Wildman–Crippen LogP) is 4.39. The molecule has 4 aromatic rings. The molecule has 0 aliphatic heterocycles. The maximum absolute atomic E-state index is 12.8. The summed E-state index contributed by atoms with van der Waals surface area (Å²) >= 11 is 9.57. The molecule has 39 heavy (non-hydrogen) atoms. The topological polar surface area (TPSA) is 147 Å². The number of benzene rings is 2. The van der Waals surface area contributed by atoms with Crippen molar-refractivity contribution in [2.75, 3.05) is 25.0 Å². The zero-order valence-corrected chi connectivity index (χ0v) is 23.5. The molecule has 2 aromatic carbocycles. The molecule has 0 saturated carbocycles. The number of nitrogens with zero attached hydrogens (tertiary/aromatic N) is 4. The van der Waals surface area contributed by atoms with E-state index in [2.05, 4.69) is 45.3 Å². The number of hydrogen-bond donors (Lipinski definition) is 2. The normalized spacial score (nSPS) is 11.1. The monoisotopic (exact) mass is 636 g/mol. The molecule has 0 unspecified atom stereocenters. The van der Waals surface area contributed by atoms with Crippen LogP contribution in [0.3, 0.4) is 0 Å². The number of hydrogen-bond acceptors (Lipinski definition) is 10. The van der Waals surface area contributed by atoms with Crippen molar-refractivity contribution >= 4 is 43.6 Å². The third-order valence-corrected chi connectivity index (χ3v) is 6.52. The summed E-state index contributed by atoms with van der Waals surface area (Å²) in [6.07, 6.45) is 4.21. The second kappa shape index (κ2) is 13.4. The lowest BCUT2D eigenvalue weighted by Gasteiger charge is -2.17. The number of anilines is 1. The lowest BCUT2D eigenvalue weighted by atomic mass is 10.2. The quantitative estimate of drug-likeness (QED) is 0.202. The third kappa shape index (κ3) is 8.38. The molecule has 0 atom stereocenters. The van der Waals surface area contributed by atoms with Crippen LogP contribution < -0.4 is 28.4 Å². The highest BCUT2D eigenvalue weighted by molar-refractivity contribution is 9.10. The number of ether oxygens (including phenoxy) is 4. The summed E-state index contributed by atoms with van der Waals surface area (Å²) in [6, 6.07) is 13.9. The van der Waals surface area contributed by atoms with Crippen LogP contribution in [0.15, 0.2) is 71.7 Å². The van der Waals surface area contributed by atoms with E-state index in [0.29, 0.717) is 10.2 Å². The van der Waals surface area contributed by atoms with E-state index in [9.17, 15) is 8.42 Å². The average molecular weight is 638 g/mol. The van der Waals surface area contributed by atoms with Crippen molar-refractivity contribution in [3.8, 4) is 29.1 Å². The molecule has 0 aliphatic rings. The largest absolute Gasteiger partial charge is 0.497 e. The Labute approximate surface area is 238 Å². The van der Waals surface area contributed by atoms with Gasteiger partial charge in [0.2, 0.25) is 5.75 Å². The van der Waals surface area contributed by atoms with Crippen molar-refractivity contribution in [1.29, 1.82) is 0 Å². The number of nitrogens with one attached hydrogen (secondary N) is 2. The molecule has 15 heteroatoms. The van der Waals surface area contributed by atoms with Gasteiger partial charge in [-0.1, -0.05) is 41.9 Å². The van der Waals surface area contributed by atoms with Crippen molar-refractivity contribution < 1.29 is 27.4 Å². The summed E-state index contributed by atoms with van der Waals surface area (Å²) < 4.78 is 53.6. The molecule has 2 N–H and O–H groups in total. The SMILES string of the molecule is COc1ccc(Cl)c(Oc2c(NS(=O)(=O)NCc3ccccc3)ncnc2OCCOc2ncc(Br)cn2)c1. The molecule has 4 rings (SSSR count). The molecular weight excluding hydrogens is 616 g/mol. The maximum Gasteiger partial charge on any atom is 0.316 e. The summed E-state index contributed by atoms with van der Waals surface area (Å²) in [7, 11) is -2.59. The van der Waals surface area contributed by atoms with Crippen LogP contribution in [0.5, 0.6) is 29.1 Å². The van der Waals surface area contributed by atoms with Gasteiger partial charge in [-0.3, -0.25) is 4.72 Å². The van der Waals surface area contributed by atoms with Crippen molar-refractivity contribution in [2.24, 2.45) is 0 Å². The molecule has 12 nitrogen and oxygen atoms in total. The summed E-state index contributed by atoms with van der Waals surface area (Å²) in [5.41, 5.74) is 0.768. The van der Waals surface area contributed by atoms with E-state index in [4.69, 9.17) is 30.5 Å². The van der Waals surface area contributed by atoms with Crippen LogP contribution in [0.1, 0.15) is 5.56 Å². The molecule has 0 fully saturated rings. The van der Waals surface area contributed by atoms with Crippen LogP contribution in [0, 0.1) is 0 Å². The minimum Gasteiger partial charge on any atom is -0.497 e. The van der Waals surface area contributed by atoms with Gasteiger partial charge >= 0.3 is 16.2 Å². The summed E-state index contributed by atoms with van der Waals surface area (Å²) in [4.78, 5) is 16.2. The Kier molecular flexibility index (Phi) is 9.70. The maximum atomic E-state index is 12.8. The van der Waals surface area contributed by atoms with Crippen LogP contribution in [0.2, 0.25) is 5.02 Å².